The number of rotatable bonds is 3. The Kier molecular flexibility index (Phi) is 3.55. The maximum Gasteiger partial charge on any atom is 0.122 e. The van der Waals surface area contributed by atoms with Crippen molar-refractivity contribution in [3.8, 4) is 5.75 Å². The van der Waals surface area contributed by atoms with E-state index in [1.54, 1.807) is 5.56 Å². The van der Waals surface area contributed by atoms with E-state index in [0.29, 0.717) is 0 Å². The molecule has 0 spiro atoms. The normalized spacial score (nSPS) is 26.7. The van der Waals surface area contributed by atoms with E-state index in [1.165, 1.54) is 31.2 Å². The van der Waals surface area contributed by atoms with Crippen molar-refractivity contribution in [1.29, 1.82) is 0 Å². The van der Waals surface area contributed by atoms with Gasteiger partial charge in [-0.15, -0.1) is 0 Å². The van der Waals surface area contributed by atoms with E-state index in [2.05, 4.69) is 30.6 Å². The van der Waals surface area contributed by atoms with Crippen LogP contribution in [0.2, 0.25) is 0 Å². The van der Waals surface area contributed by atoms with Gasteiger partial charge in [0.1, 0.15) is 5.75 Å². The Morgan fingerprint density at radius 3 is 3.06 bits per heavy atom. The van der Waals surface area contributed by atoms with Crippen LogP contribution in [0.5, 0.6) is 5.75 Å². The number of ether oxygens (including phenoxy) is 1. The van der Waals surface area contributed by atoms with Gasteiger partial charge in [-0.3, -0.25) is 0 Å². The molecule has 2 heteroatoms. The number of nitrogens with one attached hydrogen (secondary N) is 1. The first kappa shape index (κ1) is 12.0. The third-order valence-corrected chi connectivity index (χ3v) is 4.52. The minimum Gasteiger partial charge on any atom is -0.493 e. The fourth-order valence-electron chi connectivity index (χ4n) is 3.59. The number of hydrogen-bond acceptors (Lipinski definition) is 2. The molecule has 1 aliphatic heterocycles. The Labute approximate surface area is 110 Å². The lowest BCUT2D eigenvalue weighted by Gasteiger charge is -2.32. The zero-order valence-electron chi connectivity index (χ0n) is 11.2. The second kappa shape index (κ2) is 5.31. The van der Waals surface area contributed by atoms with Crippen LogP contribution >= 0.6 is 0 Å². The summed E-state index contributed by atoms with van der Waals surface area (Å²) in [5.41, 5.74) is 2.96. The first-order valence-corrected chi connectivity index (χ1v) is 7.28. The topological polar surface area (TPSA) is 21.3 Å². The highest BCUT2D eigenvalue weighted by molar-refractivity contribution is 5.41. The summed E-state index contributed by atoms with van der Waals surface area (Å²) >= 11 is 0. The molecule has 0 saturated heterocycles. The molecule has 98 valence electrons. The Balaban J connectivity index is 1.83. The van der Waals surface area contributed by atoms with Crippen LogP contribution in [0.15, 0.2) is 18.2 Å². The summed E-state index contributed by atoms with van der Waals surface area (Å²) in [6.07, 6.45) is 6.60. The molecule has 1 saturated carbocycles. The first-order chi connectivity index (χ1) is 8.88. The van der Waals surface area contributed by atoms with E-state index < -0.39 is 0 Å². The smallest absolute Gasteiger partial charge is 0.122 e. The third-order valence-electron chi connectivity index (χ3n) is 4.52. The third kappa shape index (κ3) is 2.26. The lowest BCUT2D eigenvalue weighted by atomic mass is 9.75. The van der Waals surface area contributed by atoms with Gasteiger partial charge in [0.05, 0.1) is 6.61 Å². The lowest BCUT2D eigenvalue weighted by molar-refractivity contribution is 0.301. The van der Waals surface area contributed by atoms with Gasteiger partial charge in [0.2, 0.25) is 0 Å². The van der Waals surface area contributed by atoms with Gasteiger partial charge in [-0.25, -0.2) is 0 Å². The molecule has 1 N–H and O–H groups in total. The van der Waals surface area contributed by atoms with Crippen molar-refractivity contribution in [2.45, 2.75) is 38.0 Å². The van der Waals surface area contributed by atoms with Gasteiger partial charge in [-0.05, 0) is 55.5 Å². The molecule has 1 aliphatic carbocycles. The predicted octanol–water partition coefficient (Wildman–Crippen LogP) is 3.11. The molecule has 2 aliphatic rings. The Morgan fingerprint density at radius 2 is 2.17 bits per heavy atom. The van der Waals surface area contributed by atoms with Crippen LogP contribution in [0.25, 0.3) is 0 Å². The molecule has 0 radical (unpaired) electrons. The zero-order chi connectivity index (χ0) is 12.4. The molecule has 1 aromatic carbocycles. The second-order valence-electron chi connectivity index (χ2n) is 5.67. The highest BCUT2D eigenvalue weighted by Crippen LogP contribution is 2.39. The molecule has 2 nitrogen and oxygen atoms in total. The molecule has 1 fully saturated rings. The van der Waals surface area contributed by atoms with Crippen LogP contribution in [0, 0.1) is 5.92 Å². The van der Waals surface area contributed by atoms with E-state index in [1.807, 2.05) is 0 Å². The summed E-state index contributed by atoms with van der Waals surface area (Å²) in [6.45, 7) is 2.02. The molecular weight excluding hydrogens is 222 g/mol. The van der Waals surface area contributed by atoms with Gasteiger partial charge >= 0.3 is 0 Å². The van der Waals surface area contributed by atoms with Crippen molar-refractivity contribution >= 4 is 0 Å². The Hall–Kier alpha value is -1.02. The summed E-state index contributed by atoms with van der Waals surface area (Å²) in [4.78, 5) is 0. The highest BCUT2D eigenvalue weighted by atomic mass is 16.5. The molecule has 2 unspecified atom stereocenters. The zero-order valence-corrected chi connectivity index (χ0v) is 11.2. The van der Waals surface area contributed by atoms with Gasteiger partial charge in [0, 0.05) is 6.42 Å². The number of hydrogen-bond donors (Lipinski definition) is 1. The maximum atomic E-state index is 5.60. The number of fused-ring (bicyclic) bond motifs is 1. The van der Waals surface area contributed by atoms with Crippen LogP contribution in [0.1, 0.15) is 42.7 Å². The molecule has 1 heterocycles. The van der Waals surface area contributed by atoms with E-state index in [0.717, 1.165) is 37.2 Å². The van der Waals surface area contributed by atoms with E-state index in [9.17, 15) is 0 Å². The molecule has 0 bridgehead atoms. The molecule has 0 aromatic heterocycles. The molecule has 18 heavy (non-hydrogen) atoms. The molecular formula is C16H23NO. The maximum absolute atomic E-state index is 5.60. The van der Waals surface area contributed by atoms with E-state index in [-0.39, 0.29) is 0 Å². The Bertz CT molecular complexity index is 414. The van der Waals surface area contributed by atoms with Crippen molar-refractivity contribution in [3.63, 3.8) is 0 Å². The van der Waals surface area contributed by atoms with Crippen molar-refractivity contribution in [2.75, 3.05) is 20.2 Å². The van der Waals surface area contributed by atoms with Gasteiger partial charge in [-0.1, -0.05) is 25.0 Å². The van der Waals surface area contributed by atoms with Crippen LogP contribution in [-0.2, 0) is 6.42 Å². The lowest BCUT2D eigenvalue weighted by Crippen LogP contribution is -2.27. The van der Waals surface area contributed by atoms with Crippen molar-refractivity contribution in [3.05, 3.63) is 29.3 Å². The summed E-state index contributed by atoms with van der Waals surface area (Å²) < 4.78 is 5.60. The van der Waals surface area contributed by atoms with Crippen LogP contribution in [0.4, 0.5) is 0 Å². The standard InChI is InChI=1S/C16H23NO/c1-17-11-14-4-2-3-5-15(14)12-6-7-16-13(10-12)8-9-18-16/h6-7,10,14-15,17H,2-5,8-9,11H2,1H3. The SMILES string of the molecule is CNCC1CCCCC1c1ccc2c(c1)CCO2. The monoisotopic (exact) mass is 245 g/mol. The first-order valence-electron chi connectivity index (χ1n) is 7.28. The summed E-state index contributed by atoms with van der Waals surface area (Å²) in [5.74, 6) is 2.67. The fourth-order valence-corrected chi connectivity index (χ4v) is 3.59. The van der Waals surface area contributed by atoms with Crippen molar-refractivity contribution < 1.29 is 4.74 Å². The number of benzene rings is 1. The second-order valence-corrected chi connectivity index (χ2v) is 5.67. The molecule has 3 rings (SSSR count). The quantitative estimate of drug-likeness (QED) is 0.883. The summed E-state index contributed by atoms with van der Waals surface area (Å²) in [5, 5.41) is 3.36. The van der Waals surface area contributed by atoms with Gasteiger partial charge in [-0.2, -0.15) is 0 Å². The molecule has 2 atom stereocenters. The largest absolute Gasteiger partial charge is 0.493 e. The summed E-state index contributed by atoms with van der Waals surface area (Å²) in [6, 6.07) is 6.88. The summed E-state index contributed by atoms with van der Waals surface area (Å²) in [7, 11) is 2.07. The van der Waals surface area contributed by atoms with Crippen LogP contribution < -0.4 is 10.1 Å². The fraction of sp³-hybridized carbons (Fsp3) is 0.625. The van der Waals surface area contributed by atoms with Crippen LogP contribution in [0.3, 0.4) is 0 Å². The van der Waals surface area contributed by atoms with E-state index in [4.69, 9.17) is 4.74 Å². The average molecular weight is 245 g/mol. The van der Waals surface area contributed by atoms with Gasteiger partial charge in [0.15, 0.2) is 0 Å². The van der Waals surface area contributed by atoms with Crippen molar-refractivity contribution in [2.24, 2.45) is 5.92 Å². The van der Waals surface area contributed by atoms with Crippen LogP contribution in [-0.4, -0.2) is 20.2 Å². The minimum atomic E-state index is 0.747. The predicted molar refractivity (Wildman–Crippen MR) is 74.3 cm³/mol. The van der Waals surface area contributed by atoms with E-state index >= 15 is 0 Å². The molecule has 1 aromatic rings. The Morgan fingerprint density at radius 1 is 1.28 bits per heavy atom. The van der Waals surface area contributed by atoms with Crippen molar-refractivity contribution in [1.82, 2.24) is 5.32 Å². The highest BCUT2D eigenvalue weighted by Gasteiger charge is 2.26. The minimum absolute atomic E-state index is 0.747. The molecule has 0 amide bonds. The average Bonchev–Trinajstić information content (AvgIpc) is 2.87. The van der Waals surface area contributed by atoms with Gasteiger partial charge in [0.25, 0.3) is 0 Å². The van der Waals surface area contributed by atoms with Gasteiger partial charge < -0.3 is 10.1 Å².